The molecule has 4 rings (SSSR count). The lowest BCUT2D eigenvalue weighted by Gasteiger charge is -2.38. The first kappa shape index (κ1) is 34.6. The molecule has 1 fully saturated rings. The van der Waals surface area contributed by atoms with Gasteiger partial charge in [-0.05, 0) is 56.4 Å². The number of ether oxygens (including phenoxy) is 3. The third-order valence-electron chi connectivity index (χ3n) is 6.89. The van der Waals surface area contributed by atoms with Crippen molar-refractivity contribution in [3.8, 4) is 17.2 Å². The summed E-state index contributed by atoms with van der Waals surface area (Å²) in [7, 11) is 1.52. The van der Waals surface area contributed by atoms with Crippen molar-refractivity contribution in [1.29, 1.82) is 0 Å². The molecule has 1 saturated heterocycles. The largest absolute Gasteiger partial charge is 0.493 e. The number of piperidine rings is 1. The number of carboxylic acid groups (broad SMARTS) is 1. The Bertz CT molecular complexity index is 1200. The zero-order valence-corrected chi connectivity index (χ0v) is 26.5. The molecule has 41 heavy (non-hydrogen) atoms. The summed E-state index contributed by atoms with van der Waals surface area (Å²) in [6.07, 6.45) is 5.22. The summed E-state index contributed by atoms with van der Waals surface area (Å²) in [6.45, 7) is 11.9. The van der Waals surface area contributed by atoms with Gasteiger partial charge in [-0.1, -0.05) is 23.2 Å². The van der Waals surface area contributed by atoms with Crippen molar-refractivity contribution in [1.82, 2.24) is 10.2 Å². The highest BCUT2D eigenvalue weighted by molar-refractivity contribution is 7.79. The number of aliphatic carboxylic acids is 1. The Morgan fingerprint density at radius 1 is 1.15 bits per heavy atom. The van der Waals surface area contributed by atoms with E-state index in [-0.39, 0.29) is 33.6 Å². The van der Waals surface area contributed by atoms with E-state index in [1.165, 1.54) is 38.6 Å². The van der Waals surface area contributed by atoms with E-state index in [0.29, 0.717) is 6.61 Å². The molecule has 1 spiro atoms. The number of benzene rings is 2. The maximum absolute atomic E-state index is 12.4. The maximum Gasteiger partial charge on any atom is 0.347 e. The molecule has 0 aliphatic carbocycles. The molecule has 0 saturated carbocycles. The molecule has 226 valence electrons. The minimum atomic E-state index is -1.50. The number of likely N-dealkylation sites (tertiary alicyclic amines) is 1. The van der Waals surface area contributed by atoms with Crippen molar-refractivity contribution in [2.45, 2.75) is 50.7 Å². The van der Waals surface area contributed by atoms with Gasteiger partial charge in [-0.2, -0.15) is 12.6 Å². The lowest BCUT2D eigenvalue weighted by molar-refractivity contribution is -0.152. The molecule has 2 aliphatic rings. The lowest BCUT2D eigenvalue weighted by Crippen LogP contribution is -2.47. The van der Waals surface area contributed by atoms with Crippen LogP contribution in [0.3, 0.4) is 0 Å². The zero-order chi connectivity index (χ0) is 30.8. The lowest BCUT2D eigenvalue weighted by atomic mass is 9.87. The number of carboxylic acids is 1. The van der Waals surface area contributed by atoms with Gasteiger partial charge in [0, 0.05) is 57.0 Å². The van der Waals surface area contributed by atoms with Crippen molar-refractivity contribution in [3.05, 3.63) is 64.7 Å². The molecule has 0 aromatic heterocycles. The zero-order valence-electron chi connectivity index (χ0n) is 24.1. The first-order valence-corrected chi connectivity index (χ1v) is 14.9. The number of rotatable bonds is 9. The second-order valence-electron chi connectivity index (χ2n) is 10.0. The van der Waals surface area contributed by atoms with Gasteiger partial charge in [-0.25, -0.2) is 4.79 Å². The summed E-state index contributed by atoms with van der Waals surface area (Å²) >= 11 is 16.0. The average Bonchev–Trinajstić information content (AvgIpc) is 3.31. The van der Waals surface area contributed by atoms with E-state index in [1.54, 1.807) is 6.26 Å². The number of thiol groups is 1. The summed E-state index contributed by atoms with van der Waals surface area (Å²) in [5.74, 6) is -0.136. The van der Waals surface area contributed by atoms with Crippen LogP contribution in [0.1, 0.15) is 49.0 Å². The number of amides is 1. The first-order valence-electron chi connectivity index (χ1n) is 13.3. The fourth-order valence-corrected chi connectivity index (χ4v) is 5.10. The SMILES string of the molecule is C=C.CNC(=O)c1cc(Cl)c(OC(C)(C)C(=O)O)cc1OCCCN1CCC2(CC1)Cc1cc(Cl)ccc1O2.CS. The molecular weight excluding hydrogens is 587 g/mol. The molecule has 11 heteroatoms. The average molecular weight is 628 g/mol. The fraction of sp³-hybridized carbons (Fsp3) is 0.467. The van der Waals surface area contributed by atoms with E-state index in [4.69, 9.17) is 37.4 Å². The standard InChI is InChI=1S/C27H32Cl2N2O6.C2H4.CH4S/c1-26(2,25(33)34)36-23-15-22(19(14-20(23)29)24(32)30-3)35-12-4-9-31-10-7-27(8-11-31)16-17-13-18(28)5-6-21(17)37-27;2*1-2/h5-6,13-15H,4,7-12,16H2,1-3H3,(H,30,32)(H,33,34);1-2H2;2H,1H3. The van der Waals surface area contributed by atoms with Crippen LogP contribution in [0, 0.1) is 0 Å². The van der Waals surface area contributed by atoms with Gasteiger partial charge in [0.1, 0.15) is 22.8 Å². The van der Waals surface area contributed by atoms with Crippen LogP contribution in [0.2, 0.25) is 10.0 Å². The summed E-state index contributed by atoms with van der Waals surface area (Å²) in [6, 6.07) is 8.73. The van der Waals surface area contributed by atoms with Crippen molar-refractivity contribution >= 4 is 47.7 Å². The van der Waals surface area contributed by atoms with Crippen molar-refractivity contribution < 1.29 is 28.9 Å². The van der Waals surface area contributed by atoms with Crippen LogP contribution in [0.4, 0.5) is 0 Å². The van der Waals surface area contributed by atoms with Gasteiger partial charge in [-0.3, -0.25) is 4.79 Å². The predicted octanol–water partition coefficient (Wildman–Crippen LogP) is 6.18. The minimum absolute atomic E-state index is 0.126. The number of carbonyl (C=O) groups excluding carboxylic acids is 1. The van der Waals surface area contributed by atoms with Gasteiger partial charge in [-0.15, -0.1) is 13.2 Å². The van der Waals surface area contributed by atoms with Crippen molar-refractivity contribution in [2.75, 3.05) is 39.5 Å². The van der Waals surface area contributed by atoms with E-state index in [1.807, 2.05) is 18.2 Å². The Morgan fingerprint density at radius 2 is 1.80 bits per heavy atom. The quantitative estimate of drug-likeness (QED) is 0.174. The summed E-state index contributed by atoms with van der Waals surface area (Å²) in [5.41, 5.74) is -0.214. The van der Waals surface area contributed by atoms with Crippen molar-refractivity contribution in [2.24, 2.45) is 0 Å². The fourth-order valence-electron chi connectivity index (χ4n) is 4.70. The van der Waals surface area contributed by atoms with Crippen LogP contribution >= 0.6 is 35.8 Å². The molecule has 8 nitrogen and oxygen atoms in total. The topological polar surface area (TPSA) is 97.3 Å². The molecule has 2 aliphatic heterocycles. The monoisotopic (exact) mass is 626 g/mol. The summed E-state index contributed by atoms with van der Waals surface area (Å²) < 4.78 is 17.9. The number of nitrogens with zero attached hydrogens (tertiary/aromatic N) is 1. The van der Waals surface area contributed by atoms with Crippen LogP contribution in [-0.2, 0) is 11.2 Å². The maximum atomic E-state index is 12.4. The molecule has 0 atom stereocenters. The highest BCUT2D eigenvalue weighted by atomic mass is 35.5. The highest BCUT2D eigenvalue weighted by Crippen LogP contribution is 2.42. The smallest absolute Gasteiger partial charge is 0.347 e. The molecule has 2 N–H and O–H groups in total. The molecular formula is C30H40Cl2N2O6S. The van der Waals surface area contributed by atoms with E-state index >= 15 is 0 Å². The van der Waals surface area contributed by atoms with Crippen LogP contribution < -0.4 is 19.5 Å². The van der Waals surface area contributed by atoms with E-state index in [2.05, 4.69) is 36.0 Å². The van der Waals surface area contributed by atoms with Gasteiger partial charge in [0.05, 0.1) is 17.2 Å². The Morgan fingerprint density at radius 3 is 2.41 bits per heavy atom. The Hall–Kier alpha value is -2.59. The van der Waals surface area contributed by atoms with Crippen LogP contribution in [-0.4, -0.2) is 72.6 Å². The second-order valence-corrected chi connectivity index (χ2v) is 10.9. The molecule has 1 amide bonds. The van der Waals surface area contributed by atoms with Crippen LogP contribution in [0.15, 0.2) is 43.5 Å². The normalized spacial score (nSPS) is 15.3. The minimum Gasteiger partial charge on any atom is -0.493 e. The number of nitrogens with one attached hydrogen (secondary N) is 1. The van der Waals surface area contributed by atoms with Gasteiger partial charge in [0.15, 0.2) is 5.60 Å². The van der Waals surface area contributed by atoms with Gasteiger partial charge in [0.25, 0.3) is 5.91 Å². The van der Waals surface area contributed by atoms with Crippen LogP contribution in [0.25, 0.3) is 0 Å². The summed E-state index contributed by atoms with van der Waals surface area (Å²) in [4.78, 5) is 26.2. The highest BCUT2D eigenvalue weighted by Gasteiger charge is 2.41. The molecule has 0 bridgehead atoms. The predicted molar refractivity (Wildman–Crippen MR) is 168 cm³/mol. The molecule has 2 aromatic rings. The molecule has 0 radical (unpaired) electrons. The number of hydrogen-bond donors (Lipinski definition) is 3. The Balaban J connectivity index is 0.00000141. The number of carbonyl (C=O) groups is 2. The third kappa shape index (κ3) is 8.95. The number of halogens is 2. The van der Waals surface area contributed by atoms with Gasteiger partial charge in [0.2, 0.25) is 0 Å². The Kier molecular flexibility index (Phi) is 13.2. The molecule has 2 aromatic carbocycles. The van der Waals surface area contributed by atoms with E-state index in [9.17, 15) is 14.7 Å². The second kappa shape index (κ2) is 15.6. The van der Waals surface area contributed by atoms with Gasteiger partial charge >= 0.3 is 5.97 Å². The first-order chi connectivity index (χ1) is 19.5. The van der Waals surface area contributed by atoms with Crippen LogP contribution in [0.5, 0.6) is 17.2 Å². The Labute approximate surface area is 258 Å². The number of hydrogen-bond acceptors (Lipinski definition) is 7. The van der Waals surface area contributed by atoms with Crippen molar-refractivity contribution in [3.63, 3.8) is 0 Å². The van der Waals surface area contributed by atoms with E-state index < -0.39 is 11.6 Å². The third-order valence-corrected chi connectivity index (χ3v) is 7.42. The molecule has 0 unspecified atom stereocenters. The van der Waals surface area contributed by atoms with Gasteiger partial charge < -0.3 is 29.5 Å². The number of fused-ring (bicyclic) bond motifs is 1. The van der Waals surface area contributed by atoms with E-state index in [0.717, 1.165) is 56.1 Å². The molecule has 2 heterocycles. The summed E-state index contributed by atoms with van der Waals surface area (Å²) in [5, 5.41) is 12.8.